The number of carbonyl (C=O) groups is 1. The zero-order valence-electron chi connectivity index (χ0n) is 14.3. The highest BCUT2D eigenvalue weighted by Crippen LogP contribution is 2.24. The summed E-state index contributed by atoms with van der Waals surface area (Å²) in [6.45, 7) is 4.53. The minimum absolute atomic E-state index is 0.199. The second-order valence-corrected chi connectivity index (χ2v) is 6.07. The number of aromatic nitrogens is 2. The van der Waals surface area contributed by atoms with Crippen molar-refractivity contribution in [2.24, 2.45) is 0 Å². The monoisotopic (exact) mass is 381 g/mol. The van der Waals surface area contributed by atoms with Gasteiger partial charge in [0.1, 0.15) is 5.82 Å². The number of carbonyl (C=O) groups excluding carboxylic acids is 1. The van der Waals surface area contributed by atoms with E-state index in [1.54, 1.807) is 24.0 Å². The molecule has 140 valence electrons. The summed E-state index contributed by atoms with van der Waals surface area (Å²) in [6.07, 6.45) is -0.321. The molecule has 0 radical (unpaired) electrons. The van der Waals surface area contributed by atoms with Crippen molar-refractivity contribution in [3.05, 3.63) is 34.7 Å². The molecule has 1 saturated heterocycles. The van der Waals surface area contributed by atoms with Crippen LogP contribution in [-0.2, 0) is 11.3 Å². The summed E-state index contributed by atoms with van der Waals surface area (Å²) in [5, 5.41) is 9.44. The Morgan fingerprint density at radius 1 is 1.42 bits per heavy atom. The largest absolute Gasteiger partial charge is 0.450 e. The van der Waals surface area contributed by atoms with Crippen molar-refractivity contribution in [2.75, 3.05) is 43.0 Å². The van der Waals surface area contributed by atoms with Crippen LogP contribution in [0.3, 0.4) is 0 Å². The number of nitrogens with zero attached hydrogens (tertiary/aromatic N) is 3. The molecule has 1 aliphatic rings. The lowest BCUT2D eigenvalue weighted by Gasteiger charge is -2.35. The van der Waals surface area contributed by atoms with Crippen molar-refractivity contribution in [3.63, 3.8) is 0 Å². The predicted octanol–water partition coefficient (Wildman–Crippen LogP) is 2.76. The van der Waals surface area contributed by atoms with Crippen LogP contribution in [0.5, 0.6) is 0 Å². The maximum Gasteiger partial charge on any atom is 0.409 e. The van der Waals surface area contributed by atoms with Crippen molar-refractivity contribution < 1.29 is 18.3 Å². The Morgan fingerprint density at radius 3 is 2.81 bits per heavy atom. The zero-order chi connectivity index (χ0) is 18.5. The molecule has 0 saturated carbocycles. The summed E-state index contributed by atoms with van der Waals surface area (Å²) < 4.78 is 24.6. The highest BCUT2D eigenvalue weighted by molar-refractivity contribution is 7.71. The Morgan fingerprint density at radius 2 is 2.19 bits per heavy atom. The average Bonchev–Trinajstić information content (AvgIpc) is 3.06. The molecule has 10 heteroatoms. The SMILES string of the molecule is CCOC(=O)N1CCN(c2ccc(NCc3n[nH]c(=S)o3)cc2F)CC1. The van der Waals surface area contributed by atoms with Crippen LogP contribution < -0.4 is 10.2 Å². The molecule has 1 aliphatic heterocycles. The summed E-state index contributed by atoms with van der Waals surface area (Å²) in [5.74, 6) is 0.0667. The number of benzene rings is 1. The molecular formula is C16H20FN5O3S. The predicted molar refractivity (Wildman–Crippen MR) is 96.2 cm³/mol. The molecule has 8 nitrogen and oxygen atoms in total. The number of ether oxygens (including phenoxy) is 1. The van der Waals surface area contributed by atoms with Gasteiger partial charge in [0.05, 0.1) is 18.8 Å². The van der Waals surface area contributed by atoms with Crippen molar-refractivity contribution in [3.8, 4) is 0 Å². The normalized spacial score (nSPS) is 14.4. The van der Waals surface area contributed by atoms with Gasteiger partial charge in [-0.25, -0.2) is 14.3 Å². The summed E-state index contributed by atoms with van der Waals surface area (Å²) in [5.41, 5.74) is 1.12. The zero-order valence-corrected chi connectivity index (χ0v) is 15.1. The number of aromatic amines is 1. The smallest absolute Gasteiger partial charge is 0.409 e. The minimum atomic E-state index is -0.331. The van der Waals surface area contributed by atoms with Gasteiger partial charge in [0, 0.05) is 31.9 Å². The lowest BCUT2D eigenvalue weighted by molar-refractivity contribution is 0.105. The van der Waals surface area contributed by atoms with Gasteiger partial charge in [0.25, 0.3) is 4.84 Å². The quantitative estimate of drug-likeness (QED) is 0.770. The fraction of sp³-hybridized carbons (Fsp3) is 0.438. The van der Waals surface area contributed by atoms with Crippen LogP contribution in [0.2, 0.25) is 0 Å². The van der Waals surface area contributed by atoms with Crippen molar-refractivity contribution in [1.82, 2.24) is 15.1 Å². The van der Waals surface area contributed by atoms with Gasteiger partial charge in [0.15, 0.2) is 0 Å². The fourth-order valence-electron chi connectivity index (χ4n) is 2.73. The lowest BCUT2D eigenvalue weighted by Crippen LogP contribution is -2.49. The number of anilines is 2. The summed E-state index contributed by atoms with van der Waals surface area (Å²) >= 11 is 4.80. The topological polar surface area (TPSA) is 86.6 Å². The Balaban J connectivity index is 1.58. The van der Waals surface area contributed by atoms with Crippen LogP contribution in [-0.4, -0.2) is 54.0 Å². The minimum Gasteiger partial charge on any atom is -0.450 e. The van der Waals surface area contributed by atoms with E-state index < -0.39 is 0 Å². The van der Waals surface area contributed by atoms with Gasteiger partial charge in [0.2, 0.25) is 5.89 Å². The summed E-state index contributed by atoms with van der Waals surface area (Å²) in [4.78, 5) is 15.5. The Bertz CT molecular complexity index is 816. The molecule has 2 N–H and O–H groups in total. The molecule has 3 rings (SSSR count). The molecule has 1 fully saturated rings. The van der Waals surface area contributed by atoms with E-state index in [0.29, 0.717) is 56.6 Å². The van der Waals surface area contributed by atoms with Gasteiger partial charge < -0.3 is 24.3 Å². The number of nitrogens with one attached hydrogen (secondary N) is 2. The number of H-pyrrole nitrogens is 1. The van der Waals surface area contributed by atoms with E-state index in [0.717, 1.165) is 0 Å². The molecule has 0 bridgehead atoms. The first-order valence-corrected chi connectivity index (χ1v) is 8.72. The van der Waals surface area contributed by atoms with Crippen LogP contribution in [0.15, 0.2) is 22.6 Å². The molecule has 0 unspecified atom stereocenters. The molecule has 1 aromatic heterocycles. The molecule has 2 heterocycles. The van der Waals surface area contributed by atoms with Gasteiger partial charge in [-0.2, -0.15) is 0 Å². The van der Waals surface area contributed by atoms with Crippen molar-refractivity contribution in [1.29, 1.82) is 0 Å². The van der Waals surface area contributed by atoms with Crippen LogP contribution >= 0.6 is 12.2 Å². The van der Waals surface area contributed by atoms with Crippen LogP contribution in [0.25, 0.3) is 0 Å². The summed E-state index contributed by atoms with van der Waals surface area (Å²) in [7, 11) is 0. The number of hydrogen-bond acceptors (Lipinski definition) is 7. The van der Waals surface area contributed by atoms with Crippen LogP contribution in [0.4, 0.5) is 20.6 Å². The fourth-order valence-corrected chi connectivity index (χ4v) is 2.87. The third-order valence-corrected chi connectivity index (χ3v) is 4.19. The molecule has 2 aromatic rings. The second kappa shape index (κ2) is 8.17. The van der Waals surface area contributed by atoms with E-state index in [9.17, 15) is 9.18 Å². The Hall–Kier alpha value is -2.62. The number of hydrogen-bond donors (Lipinski definition) is 2. The maximum atomic E-state index is 14.5. The first-order chi connectivity index (χ1) is 12.6. The second-order valence-electron chi connectivity index (χ2n) is 5.70. The van der Waals surface area contributed by atoms with Gasteiger partial charge in [-0.3, -0.25) is 0 Å². The third kappa shape index (κ3) is 4.31. The van der Waals surface area contributed by atoms with E-state index in [4.69, 9.17) is 21.4 Å². The van der Waals surface area contributed by atoms with Crippen LogP contribution in [0.1, 0.15) is 12.8 Å². The number of piperazine rings is 1. The lowest BCUT2D eigenvalue weighted by atomic mass is 10.2. The van der Waals surface area contributed by atoms with Crippen LogP contribution in [0, 0.1) is 10.7 Å². The van der Waals surface area contributed by atoms with E-state index in [2.05, 4.69) is 15.5 Å². The van der Waals surface area contributed by atoms with Crippen molar-refractivity contribution >= 4 is 29.7 Å². The van der Waals surface area contributed by atoms with Crippen molar-refractivity contribution in [2.45, 2.75) is 13.5 Å². The standard InChI is InChI=1S/C16H20FN5O3S/c1-2-24-16(23)22-7-5-21(6-8-22)13-4-3-11(9-12(13)17)18-10-14-19-20-15(26)25-14/h3-4,9,18H,2,5-8,10H2,1H3,(H,20,26). The first kappa shape index (κ1) is 18.2. The highest BCUT2D eigenvalue weighted by Gasteiger charge is 2.23. The molecule has 0 atom stereocenters. The third-order valence-electron chi connectivity index (χ3n) is 4.02. The van der Waals surface area contributed by atoms with E-state index in [-0.39, 0.29) is 16.7 Å². The number of amides is 1. The van der Waals surface area contributed by atoms with Gasteiger partial charge >= 0.3 is 6.09 Å². The number of halogens is 1. The molecule has 26 heavy (non-hydrogen) atoms. The summed E-state index contributed by atoms with van der Waals surface area (Å²) in [6, 6.07) is 4.93. The Labute approximate surface area is 154 Å². The first-order valence-electron chi connectivity index (χ1n) is 8.31. The molecule has 1 aromatic carbocycles. The molecule has 0 spiro atoms. The van der Waals surface area contributed by atoms with Gasteiger partial charge in [-0.1, -0.05) is 0 Å². The van der Waals surface area contributed by atoms with Gasteiger partial charge in [-0.15, -0.1) is 5.10 Å². The van der Waals surface area contributed by atoms with E-state index in [1.807, 2.05) is 4.90 Å². The molecule has 0 aliphatic carbocycles. The van der Waals surface area contributed by atoms with Gasteiger partial charge in [-0.05, 0) is 37.3 Å². The van der Waals surface area contributed by atoms with E-state index in [1.165, 1.54) is 6.07 Å². The average molecular weight is 381 g/mol. The highest BCUT2D eigenvalue weighted by atomic mass is 32.1. The maximum absolute atomic E-state index is 14.5. The number of rotatable bonds is 5. The Kier molecular flexibility index (Phi) is 5.71. The van der Waals surface area contributed by atoms with E-state index >= 15 is 0 Å². The molecule has 1 amide bonds. The molecular weight excluding hydrogens is 361 g/mol.